The topological polar surface area (TPSA) is 59.9 Å². The molecule has 0 bridgehead atoms. The van der Waals surface area contributed by atoms with Gasteiger partial charge >= 0.3 is 6.01 Å². The van der Waals surface area contributed by atoms with Crippen molar-refractivity contribution in [2.45, 2.75) is 6.54 Å². The van der Waals surface area contributed by atoms with Gasteiger partial charge in [-0.1, -0.05) is 34.1 Å². The minimum absolute atomic E-state index is 0.0940. The Bertz CT molecular complexity index is 552. The zero-order valence-electron chi connectivity index (χ0n) is 9.52. The second-order valence-electron chi connectivity index (χ2n) is 3.36. The standard InChI is InChI=1S/C11H10BrClN4O/c1-18-11-16-9(13)15-10(17-11)14-6-7-4-2-3-5-8(7)12/h2-5H,6H2,1H3,(H,14,15,16,17). The van der Waals surface area contributed by atoms with Crippen molar-refractivity contribution >= 4 is 33.5 Å². The van der Waals surface area contributed by atoms with Gasteiger partial charge in [-0.25, -0.2) is 0 Å². The molecule has 0 amide bonds. The molecule has 2 aromatic rings. The highest BCUT2D eigenvalue weighted by atomic mass is 79.9. The lowest BCUT2D eigenvalue weighted by molar-refractivity contribution is 0.379. The Morgan fingerprint density at radius 2 is 2.06 bits per heavy atom. The quantitative estimate of drug-likeness (QED) is 0.934. The van der Waals surface area contributed by atoms with Crippen molar-refractivity contribution in [1.82, 2.24) is 15.0 Å². The second kappa shape index (κ2) is 5.97. The first kappa shape index (κ1) is 13.0. The van der Waals surface area contributed by atoms with Crippen molar-refractivity contribution in [3.8, 4) is 6.01 Å². The first-order valence-electron chi connectivity index (χ1n) is 5.12. The minimum Gasteiger partial charge on any atom is -0.467 e. The number of nitrogens with one attached hydrogen (secondary N) is 1. The van der Waals surface area contributed by atoms with Crippen LogP contribution in [0.15, 0.2) is 28.7 Å². The normalized spacial score (nSPS) is 10.2. The van der Waals surface area contributed by atoms with Gasteiger partial charge in [0, 0.05) is 11.0 Å². The van der Waals surface area contributed by atoms with E-state index in [1.54, 1.807) is 0 Å². The lowest BCUT2D eigenvalue weighted by Crippen LogP contribution is -2.06. The van der Waals surface area contributed by atoms with Gasteiger partial charge in [0.2, 0.25) is 11.2 Å². The van der Waals surface area contributed by atoms with Gasteiger partial charge in [0.05, 0.1) is 7.11 Å². The third-order valence-corrected chi connectivity index (χ3v) is 3.11. The maximum Gasteiger partial charge on any atom is 0.322 e. The maximum absolute atomic E-state index is 5.75. The van der Waals surface area contributed by atoms with Crippen LogP contribution >= 0.6 is 27.5 Å². The first-order chi connectivity index (χ1) is 8.69. The molecule has 1 heterocycles. The Morgan fingerprint density at radius 1 is 1.28 bits per heavy atom. The number of anilines is 1. The Balaban J connectivity index is 2.11. The van der Waals surface area contributed by atoms with Crippen LogP contribution < -0.4 is 10.1 Å². The molecule has 0 unspecified atom stereocenters. The van der Waals surface area contributed by atoms with Crippen molar-refractivity contribution in [2.75, 3.05) is 12.4 Å². The highest BCUT2D eigenvalue weighted by Gasteiger charge is 2.05. The number of methoxy groups -OCH3 is 1. The summed E-state index contributed by atoms with van der Waals surface area (Å²) in [6.07, 6.45) is 0. The average molecular weight is 330 g/mol. The van der Waals surface area contributed by atoms with E-state index in [4.69, 9.17) is 16.3 Å². The van der Waals surface area contributed by atoms with Gasteiger partial charge in [0.25, 0.3) is 0 Å². The summed E-state index contributed by atoms with van der Waals surface area (Å²) in [5.41, 5.74) is 1.09. The molecule has 0 aliphatic heterocycles. The van der Waals surface area contributed by atoms with Crippen molar-refractivity contribution in [3.05, 3.63) is 39.6 Å². The molecule has 1 N–H and O–H groups in total. The molecular formula is C11H10BrClN4O. The zero-order valence-corrected chi connectivity index (χ0v) is 11.9. The molecule has 94 valence electrons. The molecule has 1 aromatic carbocycles. The van der Waals surface area contributed by atoms with Crippen LogP contribution in [0.4, 0.5) is 5.95 Å². The van der Waals surface area contributed by atoms with E-state index in [2.05, 4.69) is 36.2 Å². The number of ether oxygens (including phenoxy) is 1. The molecule has 7 heteroatoms. The highest BCUT2D eigenvalue weighted by Crippen LogP contribution is 2.17. The highest BCUT2D eigenvalue weighted by molar-refractivity contribution is 9.10. The fourth-order valence-corrected chi connectivity index (χ4v) is 1.90. The van der Waals surface area contributed by atoms with Crippen LogP contribution in [-0.4, -0.2) is 22.1 Å². The van der Waals surface area contributed by atoms with Crippen molar-refractivity contribution in [3.63, 3.8) is 0 Å². The van der Waals surface area contributed by atoms with Crippen molar-refractivity contribution in [1.29, 1.82) is 0 Å². The monoisotopic (exact) mass is 328 g/mol. The van der Waals surface area contributed by atoms with E-state index in [1.807, 2.05) is 24.3 Å². The Hall–Kier alpha value is -1.40. The van der Waals surface area contributed by atoms with Gasteiger partial charge in [0.1, 0.15) is 0 Å². The van der Waals surface area contributed by atoms with Crippen LogP contribution in [-0.2, 0) is 6.54 Å². The number of hydrogen-bond donors (Lipinski definition) is 1. The van der Waals surface area contributed by atoms with E-state index < -0.39 is 0 Å². The van der Waals surface area contributed by atoms with Gasteiger partial charge in [-0.15, -0.1) is 0 Å². The van der Waals surface area contributed by atoms with Crippen molar-refractivity contribution in [2.24, 2.45) is 0 Å². The van der Waals surface area contributed by atoms with E-state index >= 15 is 0 Å². The van der Waals surface area contributed by atoms with Crippen LogP contribution in [0.1, 0.15) is 5.56 Å². The Kier molecular flexibility index (Phi) is 4.33. The zero-order chi connectivity index (χ0) is 13.0. The number of halogens is 2. The van der Waals surface area contributed by atoms with E-state index in [-0.39, 0.29) is 11.3 Å². The summed E-state index contributed by atoms with van der Waals surface area (Å²) in [4.78, 5) is 11.8. The molecule has 0 aliphatic rings. The number of nitrogens with zero attached hydrogens (tertiary/aromatic N) is 3. The summed E-state index contributed by atoms with van der Waals surface area (Å²) in [5, 5.41) is 3.15. The average Bonchev–Trinajstić information content (AvgIpc) is 2.37. The molecule has 0 saturated carbocycles. The molecule has 0 spiro atoms. The van der Waals surface area contributed by atoms with Crippen LogP contribution in [0.25, 0.3) is 0 Å². The van der Waals surface area contributed by atoms with Gasteiger partial charge in [-0.05, 0) is 23.2 Å². The van der Waals surface area contributed by atoms with E-state index in [1.165, 1.54) is 7.11 Å². The lowest BCUT2D eigenvalue weighted by Gasteiger charge is -2.07. The summed E-state index contributed by atoms with van der Waals surface area (Å²) in [6.45, 7) is 0.574. The predicted octanol–water partition coefficient (Wildman–Crippen LogP) is 2.91. The lowest BCUT2D eigenvalue weighted by atomic mass is 10.2. The van der Waals surface area contributed by atoms with Gasteiger partial charge in [-0.2, -0.15) is 15.0 Å². The molecule has 0 radical (unpaired) electrons. The SMILES string of the molecule is COc1nc(Cl)nc(NCc2ccccc2Br)n1. The van der Waals surface area contributed by atoms with E-state index in [0.29, 0.717) is 12.5 Å². The largest absolute Gasteiger partial charge is 0.467 e. The van der Waals surface area contributed by atoms with E-state index in [9.17, 15) is 0 Å². The summed E-state index contributed by atoms with van der Waals surface area (Å²) in [5.74, 6) is 0.377. The summed E-state index contributed by atoms with van der Waals surface area (Å²) >= 11 is 9.22. The molecule has 18 heavy (non-hydrogen) atoms. The number of aromatic nitrogens is 3. The predicted molar refractivity (Wildman–Crippen MR) is 72.9 cm³/mol. The smallest absolute Gasteiger partial charge is 0.322 e. The van der Waals surface area contributed by atoms with Gasteiger partial charge in [-0.3, -0.25) is 0 Å². The Morgan fingerprint density at radius 3 is 2.78 bits per heavy atom. The molecule has 0 atom stereocenters. The second-order valence-corrected chi connectivity index (χ2v) is 4.55. The molecule has 0 aliphatic carbocycles. The summed E-state index contributed by atoms with van der Waals surface area (Å²) in [7, 11) is 1.48. The third-order valence-electron chi connectivity index (χ3n) is 2.16. The molecule has 5 nitrogen and oxygen atoms in total. The van der Waals surface area contributed by atoms with Crippen LogP contribution in [0.5, 0.6) is 6.01 Å². The van der Waals surface area contributed by atoms with Gasteiger partial charge in [0.15, 0.2) is 0 Å². The summed E-state index contributed by atoms with van der Waals surface area (Å²) in [6, 6.07) is 8.07. The molecule has 0 saturated heterocycles. The van der Waals surface area contributed by atoms with Crippen molar-refractivity contribution < 1.29 is 4.74 Å². The van der Waals surface area contributed by atoms with Gasteiger partial charge < -0.3 is 10.1 Å². The first-order valence-corrected chi connectivity index (χ1v) is 6.29. The molecule has 1 aromatic heterocycles. The molecule has 0 fully saturated rings. The van der Waals surface area contributed by atoms with Crippen LogP contribution in [0.3, 0.4) is 0 Å². The molecule has 2 rings (SSSR count). The number of benzene rings is 1. The third kappa shape index (κ3) is 3.30. The fourth-order valence-electron chi connectivity index (χ4n) is 1.32. The minimum atomic E-state index is 0.0940. The fraction of sp³-hybridized carbons (Fsp3) is 0.182. The number of hydrogen-bond acceptors (Lipinski definition) is 5. The summed E-state index contributed by atoms with van der Waals surface area (Å²) < 4.78 is 5.93. The Labute approximate surface area is 118 Å². The molecular weight excluding hydrogens is 320 g/mol. The maximum atomic E-state index is 5.75. The van der Waals surface area contributed by atoms with Crippen LogP contribution in [0, 0.1) is 0 Å². The number of rotatable bonds is 4. The van der Waals surface area contributed by atoms with Crippen LogP contribution in [0.2, 0.25) is 5.28 Å². The van der Waals surface area contributed by atoms with E-state index in [0.717, 1.165) is 10.0 Å².